The van der Waals surface area contributed by atoms with E-state index in [0.717, 1.165) is 23.1 Å². The number of hydrogen-bond acceptors (Lipinski definition) is 2. The van der Waals surface area contributed by atoms with Gasteiger partial charge in [-0.25, -0.2) is 4.39 Å². The van der Waals surface area contributed by atoms with E-state index in [2.05, 4.69) is 4.57 Å². The monoisotopic (exact) mass is 285 g/mol. The number of aryl methyl sites for hydroxylation is 1. The predicted molar refractivity (Wildman–Crippen MR) is 80.0 cm³/mol. The molecular weight excluding hydrogens is 269 g/mol. The molecule has 0 aliphatic carbocycles. The molecule has 0 atom stereocenters. The summed E-state index contributed by atoms with van der Waals surface area (Å²) in [7, 11) is 0. The van der Waals surface area contributed by atoms with Crippen LogP contribution in [0.3, 0.4) is 0 Å². The Morgan fingerprint density at radius 2 is 2.00 bits per heavy atom. The molecule has 2 aromatic carbocycles. The van der Waals surface area contributed by atoms with E-state index in [1.165, 1.54) is 12.1 Å². The van der Waals surface area contributed by atoms with Gasteiger partial charge >= 0.3 is 0 Å². The summed E-state index contributed by atoms with van der Waals surface area (Å²) >= 11 is 0. The summed E-state index contributed by atoms with van der Waals surface area (Å²) in [5.74, 6) is 0.538. The molecule has 0 unspecified atom stereocenters. The minimum absolute atomic E-state index is 0.172. The molecule has 4 heteroatoms. The number of ether oxygens (including phenoxy) is 1. The maximum atomic E-state index is 13.3. The number of phenolic OH excluding ortho intramolecular Hbond substituents is 1. The van der Waals surface area contributed by atoms with Gasteiger partial charge in [0.1, 0.15) is 23.9 Å². The summed E-state index contributed by atoms with van der Waals surface area (Å²) in [5.41, 5.74) is 1.97. The van der Waals surface area contributed by atoms with Crippen molar-refractivity contribution in [3.05, 3.63) is 60.0 Å². The van der Waals surface area contributed by atoms with Crippen molar-refractivity contribution in [3.63, 3.8) is 0 Å². The van der Waals surface area contributed by atoms with E-state index in [1.54, 1.807) is 30.3 Å². The molecule has 0 amide bonds. The zero-order valence-electron chi connectivity index (χ0n) is 11.7. The molecule has 1 aromatic heterocycles. The third-order valence-corrected chi connectivity index (χ3v) is 3.47. The van der Waals surface area contributed by atoms with Crippen LogP contribution in [0.2, 0.25) is 0 Å². The fourth-order valence-electron chi connectivity index (χ4n) is 2.52. The second-order valence-electron chi connectivity index (χ2n) is 4.87. The molecule has 3 nitrogen and oxygen atoms in total. The molecule has 0 spiro atoms. The molecular formula is C17H16FNO2. The van der Waals surface area contributed by atoms with Gasteiger partial charge in [0.25, 0.3) is 0 Å². The van der Waals surface area contributed by atoms with Gasteiger partial charge in [0.2, 0.25) is 0 Å². The minimum atomic E-state index is -0.240. The zero-order chi connectivity index (χ0) is 14.8. The van der Waals surface area contributed by atoms with Gasteiger partial charge in [-0.2, -0.15) is 0 Å². The molecule has 21 heavy (non-hydrogen) atoms. The zero-order valence-corrected chi connectivity index (χ0v) is 11.7. The van der Waals surface area contributed by atoms with Crippen molar-refractivity contribution in [3.8, 4) is 11.5 Å². The van der Waals surface area contributed by atoms with Crippen molar-refractivity contribution in [2.75, 3.05) is 0 Å². The molecule has 1 N–H and O–H groups in total. The van der Waals surface area contributed by atoms with Crippen molar-refractivity contribution >= 4 is 10.9 Å². The van der Waals surface area contributed by atoms with Crippen LogP contribution in [-0.4, -0.2) is 9.67 Å². The lowest BCUT2D eigenvalue weighted by molar-refractivity contribution is 0.294. The number of benzene rings is 2. The summed E-state index contributed by atoms with van der Waals surface area (Å²) in [6.07, 6.45) is 0. The lowest BCUT2D eigenvalue weighted by Crippen LogP contribution is -2.04. The molecule has 3 aromatic rings. The summed E-state index contributed by atoms with van der Waals surface area (Å²) in [4.78, 5) is 0. The van der Waals surface area contributed by atoms with E-state index >= 15 is 0 Å². The molecule has 108 valence electrons. The highest BCUT2D eigenvalue weighted by atomic mass is 19.1. The fraction of sp³-hybridized carbons (Fsp3) is 0.176. The second kappa shape index (κ2) is 5.48. The van der Waals surface area contributed by atoms with E-state index in [9.17, 15) is 9.50 Å². The topological polar surface area (TPSA) is 34.4 Å². The normalized spacial score (nSPS) is 11.0. The number of halogens is 1. The number of hydrogen-bond donors (Lipinski definition) is 1. The van der Waals surface area contributed by atoms with E-state index in [4.69, 9.17) is 4.74 Å². The molecule has 0 aliphatic heterocycles. The molecule has 1 heterocycles. The molecule has 0 saturated carbocycles. The Kier molecular flexibility index (Phi) is 3.52. The smallest absolute Gasteiger partial charge is 0.128 e. The predicted octanol–water partition coefficient (Wildman–Crippen LogP) is 4.08. The Labute approximate surface area is 122 Å². The first kappa shape index (κ1) is 13.5. The van der Waals surface area contributed by atoms with Crippen molar-refractivity contribution in [1.29, 1.82) is 0 Å². The maximum absolute atomic E-state index is 13.3. The van der Waals surface area contributed by atoms with E-state index in [-0.39, 0.29) is 11.6 Å². The summed E-state index contributed by atoms with van der Waals surface area (Å²) < 4.78 is 21.1. The lowest BCUT2D eigenvalue weighted by Gasteiger charge is -2.10. The lowest BCUT2D eigenvalue weighted by atomic mass is 10.2. The van der Waals surface area contributed by atoms with Crippen molar-refractivity contribution in [2.45, 2.75) is 20.1 Å². The molecule has 0 aliphatic rings. The first-order valence-electron chi connectivity index (χ1n) is 6.87. The van der Waals surface area contributed by atoms with Crippen molar-refractivity contribution in [2.24, 2.45) is 0 Å². The van der Waals surface area contributed by atoms with Crippen LogP contribution in [0.15, 0.2) is 48.5 Å². The van der Waals surface area contributed by atoms with Gasteiger partial charge in [0.15, 0.2) is 0 Å². The van der Waals surface area contributed by atoms with Crippen LogP contribution < -0.4 is 4.74 Å². The minimum Gasteiger partial charge on any atom is -0.508 e. The third-order valence-electron chi connectivity index (χ3n) is 3.47. The van der Waals surface area contributed by atoms with Crippen LogP contribution in [-0.2, 0) is 13.2 Å². The number of rotatable bonds is 4. The van der Waals surface area contributed by atoms with Gasteiger partial charge in [0.05, 0.1) is 5.69 Å². The fourth-order valence-corrected chi connectivity index (χ4v) is 2.52. The van der Waals surface area contributed by atoms with Crippen molar-refractivity contribution in [1.82, 2.24) is 4.57 Å². The first-order valence-corrected chi connectivity index (χ1v) is 6.87. The largest absolute Gasteiger partial charge is 0.508 e. The van der Waals surface area contributed by atoms with Gasteiger partial charge in [-0.3, -0.25) is 0 Å². The Bertz CT molecular complexity index is 780. The van der Waals surface area contributed by atoms with Crippen LogP contribution in [0.5, 0.6) is 11.5 Å². The van der Waals surface area contributed by atoms with Gasteiger partial charge in [-0.1, -0.05) is 6.07 Å². The third kappa shape index (κ3) is 2.70. The number of nitrogens with zero attached hydrogens (tertiary/aromatic N) is 1. The highest BCUT2D eigenvalue weighted by Crippen LogP contribution is 2.23. The van der Waals surface area contributed by atoms with E-state index < -0.39 is 0 Å². The molecule has 0 radical (unpaired) electrons. The standard InChI is InChI=1S/C17H16FNO2/c1-2-19-14(9-12-8-13(18)6-7-17(12)19)11-21-16-5-3-4-15(20)10-16/h3-10,20H,2,11H2,1H3. The summed E-state index contributed by atoms with van der Waals surface area (Å²) in [5, 5.41) is 10.3. The SMILES string of the molecule is CCn1c(COc2cccc(O)c2)cc2cc(F)ccc21. The van der Waals surface area contributed by atoms with Crippen molar-refractivity contribution < 1.29 is 14.2 Å². The number of aromatic hydroxyl groups is 1. The molecule has 3 rings (SSSR count). The van der Waals surface area contributed by atoms with E-state index in [1.807, 2.05) is 13.0 Å². The Morgan fingerprint density at radius 1 is 1.14 bits per heavy atom. The van der Waals surface area contributed by atoms with Gasteiger partial charge < -0.3 is 14.4 Å². The van der Waals surface area contributed by atoms with Crippen LogP contribution in [0.1, 0.15) is 12.6 Å². The highest BCUT2D eigenvalue weighted by molar-refractivity contribution is 5.81. The number of fused-ring (bicyclic) bond motifs is 1. The van der Waals surface area contributed by atoms with Gasteiger partial charge in [-0.15, -0.1) is 0 Å². The molecule has 0 fully saturated rings. The maximum Gasteiger partial charge on any atom is 0.128 e. The van der Waals surface area contributed by atoms with Gasteiger partial charge in [-0.05, 0) is 43.3 Å². The summed E-state index contributed by atoms with van der Waals surface area (Å²) in [6, 6.07) is 13.4. The van der Waals surface area contributed by atoms with Crippen LogP contribution in [0.25, 0.3) is 10.9 Å². The van der Waals surface area contributed by atoms with E-state index in [0.29, 0.717) is 12.4 Å². The Hall–Kier alpha value is -2.49. The Balaban J connectivity index is 1.89. The molecule has 0 saturated heterocycles. The average Bonchev–Trinajstić information content (AvgIpc) is 2.81. The Morgan fingerprint density at radius 3 is 2.76 bits per heavy atom. The summed E-state index contributed by atoms with van der Waals surface area (Å²) in [6.45, 7) is 3.20. The average molecular weight is 285 g/mol. The number of phenols is 1. The van der Waals surface area contributed by atoms with Crippen LogP contribution >= 0.6 is 0 Å². The van der Waals surface area contributed by atoms with Crippen LogP contribution in [0, 0.1) is 5.82 Å². The highest BCUT2D eigenvalue weighted by Gasteiger charge is 2.09. The first-order chi connectivity index (χ1) is 10.2. The quantitative estimate of drug-likeness (QED) is 0.783. The van der Waals surface area contributed by atoms with Gasteiger partial charge in [0, 0.05) is 23.5 Å². The second-order valence-corrected chi connectivity index (χ2v) is 4.87. The van der Waals surface area contributed by atoms with Crippen LogP contribution in [0.4, 0.5) is 4.39 Å². The number of aromatic nitrogens is 1. The molecule has 0 bridgehead atoms.